The number of nitrogens with one attached hydrogen (secondary N) is 2. The first kappa shape index (κ1) is 20.2. The minimum absolute atomic E-state index is 0.0181. The average molecular weight is 385 g/mol. The van der Waals surface area contributed by atoms with E-state index in [2.05, 4.69) is 17.4 Å². The molecule has 6 nitrogen and oxygen atoms in total. The van der Waals surface area contributed by atoms with Crippen LogP contribution in [0, 0.1) is 0 Å². The molecule has 28 heavy (non-hydrogen) atoms. The van der Waals surface area contributed by atoms with Crippen LogP contribution in [-0.2, 0) is 9.53 Å². The molecule has 6 heteroatoms. The van der Waals surface area contributed by atoms with Gasteiger partial charge in [-0.3, -0.25) is 4.79 Å². The largest absolute Gasteiger partial charge is 0.494 e. The predicted octanol–water partition coefficient (Wildman–Crippen LogP) is 1.24. The molecule has 1 aliphatic rings. The van der Waals surface area contributed by atoms with Crippen molar-refractivity contribution in [3.8, 4) is 11.5 Å². The third-order valence-electron chi connectivity index (χ3n) is 4.73. The van der Waals surface area contributed by atoms with Crippen molar-refractivity contribution in [2.45, 2.75) is 13.0 Å². The third kappa shape index (κ3) is 6.25. The van der Waals surface area contributed by atoms with Gasteiger partial charge in [0.15, 0.2) is 6.61 Å². The molecule has 0 bridgehead atoms. The molecule has 0 radical (unpaired) electrons. The minimum atomic E-state index is -0.129. The van der Waals surface area contributed by atoms with Crippen molar-refractivity contribution in [1.82, 2.24) is 5.32 Å². The number of carbonyl (C=O) groups is 1. The van der Waals surface area contributed by atoms with E-state index in [9.17, 15) is 4.79 Å². The van der Waals surface area contributed by atoms with Crippen LogP contribution in [0.5, 0.6) is 11.5 Å². The lowest BCUT2D eigenvalue weighted by Crippen LogP contribution is -3.14. The van der Waals surface area contributed by atoms with Crippen LogP contribution in [0.3, 0.4) is 0 Å². The summed E-state index contributed by atoms with van der Waals surface area (Å²) in [6, 6.07) is 17.3. The molecule has 1 heterocycles. The van der Waals surface area contributed by atoms with E-state index in [1.54, 1.807) is 0 Å². The summed E-state index contributed by atoms with van der Waals surface area (Å²) in [5.41, 5.74) is 1.11. The molecule has 1 saturated heterocycles. The fourth-order valence-electron chi connectivity index (χ4n) is 3.27. The molecule has 1 atom stereocenters. The van der Waals surface area contributed by atoms with Crippen molar-refractivity contribution < 1.29 is 23.9 Å². The maximum atomic E-state index is 12.5. The van der Waals surface area contributed by atoms with Crippen LogP contribution in [0.1, 0.15) is 18.5 Å². The third-order valence-corrected chi connectivity index (χ3v) is 4.73. The second-order valence-corrected chi connectivity index (χ2v) is 6.79. The molecule has 2 N–H and O–H groups in total. The number of carbonyl (C=O) groups excluding carboxylic acids is 1. The van der Waals surface area contributed by atoms with Gasteiger partial charge in [-0.15, -0.1) is 0 Å². The standard InChI is InChI=1S/C22H28N2O4/c1-2-27-19-8-10-20(11-9-19)28-17-22(25)23-21(18-6-4-3-5-7-18)16-24-12-14-26-15-13-24/h3-11,21H,2,12-17H2,1H3,(H,23,25)/p+1/t21-/m0/s1. The van der Waals surface area contributed by atoms with E-state index in [1.165, 1.54) is 4.90 Å². The van der Waals surface area contributed by atoms with E-state index >= 15 is 0 Å². The molecule has 1 amide bonds. The Balaban J connectivity index is 1.55. The van der Waals surface area contributed by atoms with Crippen LogP contribution in [0.4, 0.5) is 0 Å². The molecule has 0 unspecified atom stereocenters. The minimum Gasteiger partial charge on any atom is -0.494 e. The molecule has 2 aromatic rings. The second kappa shape index (κ2) is 10.7. The zero-order chi connectivity index (χ0) is 19.6. The summed E-state index contributed by atoms with van der Waals surface area (Å²) >= 11 is 0. The summed E-state index contributed by atoms with van der Waals surface area (Å²) in [6.45, 7) is 6.84. The number of ether oxygens (including phenoxy) is 3. The zero-order valence-electron chi connectivity index (χ0n) is 16.4. The Bertz CT molecular complexity index is 715. The Kier molecular flexibility index (Phi) is 7.70. The van der Waals surface area contributed by atoms with Gasteiger partial charge in [0, 0.05) is 0 Å². The fraction of sp³-hybridized carbons (Fsp3) is 0.409. The molecule has 3 rings (SSSR count). The number of hydrogen-bond donors (Lipinski definition) is 2. The van der Waals surface area contributed by atoms with Crippen molar-refractivity contribution in [2.75, 3.05) is 46.1 Å². The molecule has 2 aromatic carbocycles. The van der Waals surface area contributed by atoms with Crippen LogP contribution >= 0.6 is 0 Å². The van der Waals surface area contributed by atoms with Crippen LogP contribution in [0.2, 0.25) is 0 Å². The van der Waals surface area contributed by atoms with Gasteiger partial charge in [0.1, 0.15) is 37.2 Å². The molecule has 150 valence electrons. The lowest BCUT2D eigenvalue weighted by atomic mass is 10.1. The Morgan fingerprint density at radius 1 is 1.04 bits per heavy atom. The number of hydrogen-bond acceptors (Lipinski definition) is 4. The lowest BCUT2D eigenvalue weighted by molar-refractivity contribution is -0.909. The molecule has 0 spiro atoms. The highest BCUT2D eigenvalue weighted by atomic mass is 16.5. The number of morpholine rings is 1. The normalized spacial score (nSPS) is 15.6. The smallest absolute Gasteiger partial charge is 0.258 e. The Morgan fingerprint density at radius 3 is 2.32 bits per heavy atom. The van der Waals surface area contributed by atoms with E-state index in [0.717, 1.165) is 44.2 Å². The zero-order valence-corrected chi connectivity index (χ0v) is 16.4. The summed E-state index contributed by atoms with van der Waals surface area (Å²) in [5.74, 6) is 1.31. The van der Waals surface area contributed by atoms with E-state index in [1.807, 2.05) is 49.4 Å². The van der Waals surface area contributed by atoms with Crippen molar-refractivity contribution >= 4 is 5.91 Å². The molecule has 1 aliphatic heterocycles. The summed E-state index contributed by atoms with van der Waals surface area (Å²) in [4.78, 5) is 14.0. The molecule has 0 saturated carbocycles. The van der Waals surface area contributed by atoms with Gasteiger partial charge in [-0.05, 0) is 36.8 Å². The van der Waals surface area contributed by atoms with E-state index in [-0.39, 0.29) is 18.6 Å². The molecular formula is C22H29N2O4+. The summed E-state index contributed by atoms with van der Waals surface area (Å²) in [7, 11) is 0. The van der Waals surface area contributed by atoms with Gasteiger partial charge in [0.25, 0.3) is 5.91 Å². The first-order valence-corrected chi connectivity index (χ1v) is 9.86. The summed E-state index contributed by atoms with van der Waals surface area (Å²) in [5, 5.41) is 3.13. The molecular weight excluding hydrogens is 356 g/mol. The Hall–Kier alpha value is -2.57. The lowest BCUT2D eigenvalue weighted by Gasteiger charge is -2.28. The maximum Gasteiger partial charge on any atom is 0.258 e. The fourth-order valence-corrected chi connectivity index (χ4v) is 3.27. The number of amides is 1. The molecule has 0 aromatic heterocycles. The summed E-state index contributed by atoms with van der Waals surface area (Å²) in [6.07, 6.45) is 0. The van der Waals surface area contributed by atoms with Gasteiger partial charge in [-0.1, -0.05) is 30.3 Å². The molecule has 1 fully saturated rings. The number of benzene rings is 2. The van der Waals surface area contributed by atoms with Crippen molar-refractivity contribution in [2.24, 2.45) is 0 Å². The molecule has 0 aliphatic carbocycles. The number of quaternary nitrogens is 1. The van der Waals surface area contributed by atoms with Crippen molar-refractivity contribution in [3.63, 3.8) is 0 Å². The van der Waals surface area contributed by atoms with E-state index < -0.39 is 0 Å². The van der Waals surface area contributed by atoms with Gasteiger partial charge >= 0.3 is 0 Å². The average Bonchev–Trinajstić information content (AvgIpc) is 2.74. The Labute approximate surface area is 166 Å². The highest BCUT2D eigenvalue weighted by molar-refractivity contribution is 5.78. The van der Waals surface area contributed by atoms with Gasteiger partial charge in [0.2, 0.25) is 0 Å². The topological polar surface area (TPSA) is 61.2 Å². The van der Waals surface area contributed by atoms with Gasteiger partial charge in [-0.25, -0.2) is 0 Å². The van der Waals surface area contributed by atoms with Crippen molar-refractivity contribution in [1.29, 1.82) is 0 Å². The van der Waals surface area contributed by atoms with Crippen molar-refractivity contribution in [3.05, 3.63) is 60.2 Å². The Morgan fingerprint density at radius 2 is 1.68 bits per heavy atom. The quantitative estimate of drug-likeness (QED) is 0.682. The first-order valence-electron chi connectivity index (χ1n) is 9.86. The first-order chi connectivity index (χ1) is 13.7. The van der Waals surface area contributed by atoms with Gasteiger partial charge in [-0.2, -0.15) is 0 Å². The van der Waals surface area contributed by atoms with Crippen LogP contribution < -0.4 is 19.7 Å². The summed E-state index contributed by atoms with van der Waals surface area (Å²) < 4.78 is 16.5. The predicted molar refractivity (Wildman–Crippen MR) is 107 cm³/mol. The van der Waals surface area contributed by atoms with Gasteiger partial charge in [0.05, 0.1) is 19.8 Å². The highest BCUT2D eigenvalue weighted by Gasteiger charge is 2.23. The number of rotatable bonds is 9. The van der Waals surface area contributed by atoms with E-state index in [4.69, 9.17) is 14.2 Å². The maximum absolute atomic E-state index is 12.5. The van der Waals surface area contributed by atoms with Crippen LogP contribution in [0.15, 0.2) is 54.6 Å². The second-order valence-electron chi connectivity index (χ2n) is 6.79. The monoisotopic (exact) mass is 385 g/mol. The highest BCUT2D eigenvalue weighted by Crippen LogP contribution is 2.17. The van der Waals surface area contributed by atoms with Crippen LogP contribution in [-0.4, -0.2) is 52.0 Å². The van der Waals surface area contributed by atoms with Gasteiger partial charge < -0.3 is 24.4 Å². The van der Waals surface area contributed by atoms with Crippen LogP contribution in [0.25, 0.3) is 0 Å². The van der Waals surface area contributed by atoms with E-state index in [0.29, 0.717) is 12.4 Å². The SMILES string of the molecule is CCOc1ccc(OCC(=O)N[C@@H](C[NH+]2CCOCC2)c2ccccc2)cc1.